The van der Waals surface area contributed by atoms with E-state index in [1.807, 2.05) is 42.5 Å². The van der Waals surface area contributed by atoms with E-state index in [-0.39, 0.29) is 35.5 Å². The predicted octanol–water partition coefficient (Wildman–Crippen LogP) is 5.21. The maximum atomic E-state index is 12.8. The second kappa shape index (κ2) is 8.24. The lowest BCUT2D eigenvalue weighted by Crippen LogP contribution is -2.38. The molecule has 0 unspecified atom stereocenters. The van der Waals surface area contributed by atoms with Crippen molar-refractivity contribution in [2.24, 2.45) is 28.8 Å². The molecule has 1 saturated heterocycles. The molecule has 0 radical (unpaired) electrons. The van der Waals surface area contributed by atoms with Crippen LogP contribution in [0.4, 0.5) is 0 Å². The highest BCUT2D eigenvalue weighted by Crippen LogP contribution is 2.49. The van der Waals surface area contributed by atoms with Gasteiger partial charge in [-0.1, -0.05) is 35.9 Å². The number of amides is 2. The van der Waals surface area contributed by atoms with Crippen molar-refractivity contribution in [1.29, 1.82) is 0 Å². The smallest absolute Gasteiger partial charge is 0.254 e. The first-order chi connectivity index (χ1) is 15.0. The Balaban J connectivity index is 1.27. The van der Waals surface area contributed by atoms with Gasteiger partial charge in [0.25, 0.3) is 11.8 Å². The maximum Gasteiger partial charge on any atom is 0.254 e. The Bertz CT molecular complexity index is 1070. The van der Waals surface area contributed by atoms with Crippen molar-refractivity contribution in [2.75, 3.05) is 0 Å². The zero-order valence-corrected chi connectivity index (χ0v) is 18.9. The van der Waals surface area contributed by atoms with Crippen LogP contribution in [0.3, 0.4) is 0 Å². The SMILES string of the molecule is O=C1[C@@H]2[C@@H](C(=O)N1/N=C\c1ccc(OCc3ccc(Cl)cc3)c(Br)c1)[C@H]1C=C[C@H]2CC1. The molecule has 3 aliphatic carbocycles. The van der Waals surface area contributed by atoms with E-state index < -0.39 is 0 Å². The van der Waals surface area contributed by atoms with Gasteiger partial charge in [-0.3, -0.25) is 9.59 Å². The van der Waals surface area contributed by atoms with Crippen LogP contribution in [0.15, 0.2) is 64.2 Å². The molecule has 1 saturated carbocycles. The van der Waals surface area contributed by atoms with E-state index in [0.717, 1.165) is 33.5 Å². The Labute approximate surface area is 193 Å². The maximum absolute atomic E-state index is 12.8. The van der Waals surface area contributed by atoms with Gasteiger partial charge < -0.3 is 4.74 Å². The number of rotatable bonds is 5. The molecule has 0 spiro atoms. The van der Waals surface area contributed by atoms with Gasteiger partial charge in [0.05, 0.1) is 22.5 Å². The molecule has 4 aliphatic rings. The molecule has 5 nitrogen and oxygen atoms in total. The number of hydrazone groups is 1. The Hall–Kier alpha value is -2.44. The fraction of sp³-hybridized carbons (Fsp3) is 0.292. The lowest BCUT2D eigenvalue weighted by Gasteiger charge is -2.37. The van der Waals surface area contributed by atoms with Crippen molar-refractivity contribution < 1.29 is 14.3 Å². The first-order valence-electron chi connectivity index (χ1n) is 10.3. The zero-order valence-electron chi connectivity index (χ0n) is 16.6. The molecule has 2 bridgehead atoms. The number of carbonyl (C=O) groups excluding carboxylic acids is 2. The summed E-state index contributed by atoms with van der Waals surface area (Å²) in [5, 5.41) is 6.02. The van der Waals surface area contributed by atoms with Gasteiger partial charge >= 0.3 is 0 Å². The minimum atomic E-state index is -0.247. The van der Waals surface area contributed by atoms with Crippen molar-refractivity contribution in [1.82, 2.24) is 5.01 Å². The third-order valence-corrected chi connectivity index (χ3v) is 7.19. The van der Waals surface area contributed by atoms with E-state index >= 15 is 0 Å². The van der Waals surface area contributed by atoms with Crippen LogP contribution in [-0.2, 0) is 16.2 Å². The van der Waals surface area contributed by atoms with Gasteiger partial charge in [-0.05, 0) is 82.1 Å². The van der Waals surface area contributed by atoms with Gasteiger partial charge in [-0.15, -0.1) is 0 Å². The van der Waals surface area contributed by atoms with Crippen molar-refractivity contribution in [3.63, 3.8) is 0 Å². The minimum Gasteiger partial charge on any atom is -0.488 e. The van der Waals surface area contributed by atoms with Crippen LogP contribution < -0.4 is 4.74 Å². The summed E-state index contributed by atoms with van der Waals surface area (Å²) in [6.45, 7) is 0.416. The average Bonchev–Trinajstić information content (AvgIpc) is 3.05. The molecule has 4 atom stereocenters. The number of carbonyl (C=O) groups is 2. The number of hydrogen-bond donors (Lipinski definition) is 0. The normalized spacial score (nSPS) is 26.7. The highest BCUT2D eigenvalue weighted by molar-refractivity contribution is 9.10. The van der Waals surface area contributed by atoms with Gasteiger partial charge in [0.2, 0.25) is 0 Å². The lowest BCUT2D eigenvalue weighted by molar-refractivity contribution is -0.140. The van der Waals surface area contributed by atoms with Crippen molar-refractivity contribution in [3.8, 4) is 5.75 Å². The molecule has 0 N–H and O–H groups in total. The van der Waals surface area contributed by atoms with E-state index in [1.165, 1.54) is 0 Å². The van der Waals surface area contributed by atoms with Crippen molar-refractivity contribution >= 4 is 45.6 Å². The van der Waals surface area contributed by atoms with E-state index in [4.69, 9.17) is 16.3 Å². The summed E-state index contributed by atoms with van der Waals surface area (Å²) in [6, 6.07) is 13.0. The Kier molecular flexibility index (Phi) is 5.44. The van der Waals surface area contributed by atoms with E-state index in [9.17, 15) is 9.59 Å². The molecule has 2 aromatic rings. The number of halogens is 2. The monoisotopic (exact) mass is 498 g/mol. The van der Waals surface area contributed by atoms with Crippen LogP contribution >= 0.6 is 27.5 Å². The van der Waals surface area contributed by atoms with Crippen LogP contribution in [0.5, 0.6) is 5.75 Å². The van der Waals surface area contributed by atoms with Gasteiger partial charge in [0.1, 0.15) is 12.4 Å². The summed E-state index contributed by atoms with van der Waals surface area (Å²) >= 11 is 9.43. The molecule has 2 fully saturated rings. The average molecular weight is 500 g/mol. The van der Waals surface area contributed by atoms with Gasteiger partial charge in [-0.25, -0.2) is 0 Å². The molecule has 1 aliphatic heterocycles. The summed E-state index contributed by atoms with van der Waals surface area (Å²) < 4.78 is 6.63. The number of ether oxygens (including phenoxy) is 1. The fourth-order valence-corrected chi connectivity index (χ4v) is 5.39. The van der Waals surface area contributed by atoms with Crippen LogP contribution in [0.1, 0.15) is 24.0 Å². The lowest BCUT2D eigenvalue weighted by atomic mass is 9.63. The number of allylic oxidation sites excluding steroid dienone is 2. The zero-order chi connectivity index (χ0) is 21.5. The number of imide groups is 1. The van der Waals surface area contributed by atoms with Crippen LogP contribution in [0, 0.1) is 23.7 Å². The minimum absolute atomic E-state index is 0.165. The van der Waals surface area contributed by atoms with Crippen LogP contribution in [0.2, 0.25) is 5.02 Å². The molecule has 158 valence electrons. The van der Waals surface area contributed by atoms with Gasteiger partial charge in [0.15, 0.2) is 0 Å². The topological polar surface area (TPSA) is 59.0 Å². The van der Waals surface area contributed by atoms with Gasteiger partial charge in [0, 0.05) is 5.02 Å². The number of fused-ring (bicyclic) bond motifs is 1. The first-order valence-corrected chi connectivity index (χ1v) is 11.5. The molecule has 1 heterocycles. The number of nitrogens with zero attached hydrogens (tertiary/aromatic N) is 2. The Morgan fingerprint density at radius 3 is 2.26 bits per heavy atom. The van der Waals surface area contributed by atoms with Crippen LogP contribution in [-0.4, -0.2) is 23.0 Å². The fourth-order valence-electron chi connectivity index (χ4n) is 4.75. The van der Waals surface area contributed by atoms with Crippen molar-refractivity contribution in [2.45, 2.75) is 19.4 Å². The number of hydrogen-bond acceptors (Lipinski definition) is 4. The summed E-state index contributed by atoms with van der Waals surface area (Å²) in [5.41, 5.74) is 1.78. The summed E-state index contributed by atoms with van der Waals surface area (Å²) in [7, 11) is 0. The third kappa shape index (κ3) is 3.83. The molecular weight excluding hydrogens is 480 g/mol. The summed E-state index contributed by atoms with van der Waals surface area (Å²) in [5.74, 6) is 0.178. The molecule has 7 heteroatoms. The van der Waals surface area contributed by atoms with E-state index in [2.05, 4.69) is 33.2 Å². The third-order valence-electron chi connectivity index (χ3n) is 6.32. The highest BCUT2D eigenvalue weighted by Gasteiger charge is 2.56. The van der Waals surface area contributed by atoms with Crippen molar-refractivity contribution in [3.05, 3.63) is 75.2 Å². The standard InChI is InChI=1S/C24H20BrClN2O3/c25-19-11-15(3-10-20(19)31-13-14-1-8-18(26)9-2-14)12-27-28-23(29)21-16-4-5-17(7-6-16)22(21)24(28)30/h1-5,8-12,16-17,21-22H,6-7,13H2/b27-12-/t16-,17-,21-,22-/m0/s1. The van der Waals surface area contributed by atoms with E-state index in [1.54, 1.807) is 6.21 Å². The molecule has 2 aromatic carbocycles. The first kappa shape index (κ1) is 20.5. The van der Waals surface area contributed by atoms with Crippen LogP contribution in [0.25, 0.3) is 0 Å². The molecular formula is C24H20BrClN2O3. The largest absolute Gasteiger partial charge is 0.488 e. The Morgan fingerprint density at radius 2 is 1.68 bits per heavy atom. The second-order valence-corrected chi connectivity index (χ2v) is 9.47. The predicted molar refractivity (Wildman–Crippen MR) is 122 cm³/mol. The Morgan fingerprint density at radius 1 is 1.03 bits per heavy atom. The van der Waals surface area contributed by atoms with E-state index in [0.29, 0.717) is 17.4 Å². The molecule has 31 heavy (non-hydrogen) atoms. The number of benzene rings is 2. The second-order valence-electron chi connectivity index (χ2n) is 8.18. The highest BCUT2D eigenvalue weighted by atomic mass is 79.9. The molecule has 0 aromatic heterocycles. The summed E-state index contributed by atoms with van der Waals surface area (Å²) in [4.78, 5) is 25.7. The molecule has 2 amide bonds. The molecule has 6 rings (SSSR count). The summed E-state index contributed by atoms with van der Waals surface area (Å²) in [6.07, 6.45) is 7.71. The quantitative estimate of drug-likeness (QED) is 0.322. The van der Waals surface area contributed by atoms with Gasteiger partial charge in [-0.2, -0.15) is 10.1 Å².